The first-order chi connectivity index (χ1) is 26.8. The van der Waals surface area contributed by atoms with Gasteiger partial charge in [0.25, 0.3) is 0 Å². The molecule has 0 aromatic heterocycles. The van der Waals surface area contributed by atoms with Gasteiger partial charge in [-0.1, -0.05) is 177 Å². The van der Waals surface area contributed by atoms with E-state index in [0.717, 1.165) is 16.9 Å². The van der Waals surface area contributed by atoms with Gasteiger partial charge in [-0.05, 0) is 97.1 Å². The molecule has 8 aromatic rings. The van der Waals surface area contributed by atoms with Gasteiger partial charge in [0, 0.05) is 21.9 Å². The van der Waals surface area contributed by atoms with Crippen molar-refractivity contribution >= 4 is 10.8 Å². The minimum atomic E-state index is -0.511. The molecule has 8 aromatic carbocycles. The Bertz CT molecular complexity index is 2790. The van der Waals surface area contributed by atoms with Gasteiger partial charge in [0.1, 0.15) is 11.5 Å². The van der Waals surface area contributed by atoms with Crippen LogP contribution in [0.3, 0.4) is 0 Å². The lowest BCUT2D eigenvalue weighted by Crippen LogP contribution is -2.32. The van der Waals surface area contributed by atoms with Crippen molar-refractivity contribution in [3.05, 3.63) is 203 Å². The number of ether oxygens (including phenoxy) is 1. The minimum absolute atomic E-state index is 0.149. The van der Waals surface area contributed by atoms with Gasteiger partial charge in [0.05, 0.1) is 5.41 Å². The molecule has 0 N–H and O–H groups in total. The molecule has 1 heterocycles. The molecule has 0 unspecified atom stereocenters. The average molecular weight is 691 g/mol. The molecule has 0 bridgehead atoms. The maximum atomic E-state index is 6.99. The molecular formula is C53H38O. The summed E-state index contributed by atoms with van der Waals surface area (Å²) < 4.78 is 6.99. The highest BCUT2D eigenvalue weighted by molar-refractivity contribution is 6.04. The van der Waals surface area contributed by atoms with E-state index in [1.807, 2.05) is 0 Å². The summed E-state index contributed by atoms with van der Waals surface area (Å²) in [5.41, 5.74) is 18.2. The standard InChI is InChI=1S/C53H38O/c1-12-31-52(32-13-1)43-21-7-6-19-41(43)50-36(20-14-25-47(50)52)34-27-29-35(30-28-34)42-33-48-51(40-18-3-2-15-37(40)42)54-49-26-11-10-24-46(49)53(48)44-22-8-4-16-38(44)39-17-5-9-23-45(39)53/h2-11,14-30,33H,1,12-13,31-32H2. The van der Waals surface area contributed by atoms with E-state index in [1.54, 1.807) is 0 Å². The lowest BCUT2D eigenvalue weighted by atomic mass is 9.65. The van der Waals surface area contributed by atoms with Crippen molar-refractivity contribution in [3.8, 4) is 56.0 Å². The van der Waals surface area contributed by atoms with Crippen molar-refractivity contribution in [1.29, 1.82) is 0 Å². The van der Waals surface area contributed by atoms with Crippen LogP contribution in [-0.2, 0) is 10.8 Å². The van der Waals surface area contributed by atoms with E-state index in [4.69, 9.17) is 4.74 Å². The van der Waals surface area contributed by atoms with E-state index < -0.39 is 5.41 Å². The highest BCUT2D eigenvalue weighted by Gasteiger charge is 2.51. The number of benzene rings is 8. The Labute approximate surface area is 316 Å². The van der Waals surface area contributed by atoms with Crippen LogP contribution in [-0.4, -0.2) is 0 Å². The summed E-state index contributed by atoms with van der Waals surface area (Å²) in [6, 6.07) is 63.6. The van der Waals surface area contributed by atoms with Gasteiger partial charge in [-0.3, -0.25) is 0 Å². The predicted octanol–water partition coefficient (Wildman–Crippen LogP) is 13.9. The van der Waals surface area contributed by atoms with Crippen LogP contribution in [0.4, 0.5) is 0 Å². The number of fused-ring (bicyclic) bond motifs is 16. The van der Waals surface area contributed by atoms with Crippen LogP contribution in [0.15, 0.2) is 170 Å². The van der Waals surface area contributed by atoms with Crippen molar-refractivity contribution in [2.75, 3.05) is 0 Å². The zero-order valence-corrected chi connectivity index (χ0v) is 30.1. The number of rotatable bonds is 2. The van der Waals surface area contributed by atoms with Crippen molar-refractivity contribution in [3.63, 3.8) is 0 Å². The summed E-state index contributed by atoms with van der Waals surface area (Å²) in [6.07, 6.45) is 6.44. The molecule has 1 saturated carbocycles. The maximum absolute atomic E-state index is 6.99. The molecule has 0 radical (unpaired) electrons. The Morgan fingerprint density at radius 3 is 1.63 bits per heavy atom. The summed E-state index contributed by atoms with van der Waals surface area (Å²) in [5, 5.41) is 2.34. The van der Waals surface area contributed by atoms with Gasteiger partial charge >= 0.3 is 0 Å². The number of hydrogen-bond donors (Lipinski definition) is 0. The fourth-order valence-electron chi connectivity index (χ4n) is 11.2. The zero-order chi connectivity index (χ0) is 35.4. The van der Waals surface area contributed by atoms with Crippen LogP contribution in [0.25, 0.3) is 55.3 Å². The lowest BCUT2D eigenvalue weighted by molar-refractivity contribution is 0.353. The minimum Gasteiger partial charge on any atom is -0.456 e. The topological polar surface area (TPSA) is 9.23 Å². The molecule has 0 saturated heterocycles. The maximum Gasteiger partial charge on any atom is 0.140 e. The first-order valence-corrected chi connectivity index (χ1v) is 19.6. The van der Waals surface area contributed by atoms with Crippen molar-refractivity contribution in [1.82, 2.24) is 0 Å². The van der Waals surface area contributed by atoms with E-state index in [0.29, 0.717) is 0 Å². The lowest BCUT2D eigenvalue weighted by Gasteiger charge is -2.40. The molecular weight excluding hydrogens is 653 g/mol. The summed E-state index contributed by atoms with van der Waals surface area (Å²) >= 11 is 0. The van der Waals surface area contributed by atoms with Gasteiger partial charge in [-0.15, -0.1) is 0 Å². The largest absolute Gasteiger partial charge is 0.456 e. The summed E-state index contributed by atoms with van der Waals surface area (Å²) in [5.74, 6) is 1.87. The number of para-hydroxylation sites is 1. The summed E-state index contributed by atoms with van der Waals surface area (Å²) in [4.78, 5) is 0. The van der Waals surface area contributed by atoms with Crippen molar-refractivity contribution in [2.45, 2.75) is 42.9 Å². The van der Waals surface area contributed by atoms with Crippen LogP contribution in [0, 0.1) is 0 Å². The van der Waals surface area contributed by atoms with Crippen LogP contribution >= 0.6 is 0 Å². The van der Waals surface area contributed by atoms with Gasteiger partial charge < -0.3 is 4.74 Å². The Hall–Kier alpha value is -6.18. The predicted molar refractivity (Wildman–Crippen MR) is 221 cm³/mol. The SMILES string of the molecule is c1ccc2c(c1)Oc1c(cc(-c3ccc(-c4cccc5c4-c4ccccc4C54CCCCC4)cc3)c3ccccc13)C21c2ccccc2-c2ccccc21. The molecule has 0 atom stereocenters. The molecule has 1 aliphatic heterocycles. The molecule has 1 fully saturated rings. The van der Waals surface area contributed by atoms with Gasteiger partial charge in [-0.25, -0.2) is 0 Å². The first-order valence-electron chi connectivity index (χ1n) is 19.6. The highest BCUT2D eigenvalue weighted by atomic mass is 16.5. The second-order valence-corrected chi connectivity index (χ2v) is 15.8. The normalized spacial score (nSPS) is 16.2. The van der Waals surface area contributed by atoms with Gasteiger partial charge in [0.15, 0.2) is 0 Å². The zero-order valence-electron chi connectivity index (χ0n) is 30.1. The van der Waals surface area contributed by atoms with Crippen molar-refractivity contribution in [2.24, 2.45) is 0 Å². The van der Waals surface area contributed by atoms with E-state index >= 15 is 0 Å². The second kappa shape index (κ2) is 11.2. The first kappa shape index (κ1) is 30.3. The van der Waals surface area contributed by atoms with Gasteiger partial charge in [-0.2, -0.15) is 0 Å². The fourth-order valence-corrected chi connectivity index (χ4v) is 11.2. The van der Waals surface area contributed by atoms with E-state index in [9.17, 15) is 0 Å². The molecule has 4 aliphatic rings. The average Bonchev–Trinajstić information content (AvgIpc) is 3.69. The van der Waals surface area contributed by atoms with Gasteiger partial charge in [0.2, 0.25) is 0 Å². The van der Waals surface area contributed by atoms with E-state index in [1.165, 1.54) is 115 Å². The second-order valence-electron chi connectivity index (χ2n) is 15.8. The molecule has 1 heteroatoms. The quantitative estimate of drug-likeness (QED) is 0.175. The summed E-state index contributed by atoms with van der Waals surface area (Å²) in [7, 11) is 0. The van der Waals surface area contributed by atoms with Crippen molar-refractivity contribution < 1.29 is 4.74 Å². The third-order valence-corrected chi connectivity index (χ3v) is 13.4. The van der Waals surface area contributed by atoms with Crippen LogP contribution in [0.2, 0.25) is 0 Å². The molecule has 3 aliphatic carbocycles. The third-order valence-electron chi connectivity index (χ3n) is 13.4. The van der Waals surface area contributed by atoms with Crippen LogP contribution in [0.5, 0.6) is 11.5 Å². The summed E-state index contributed by atoms with van der Waals surface area (Å²) in [6.45, 7) is 0. The number of hydrogen-bond acceptors (Lipinski definition) is 1. The molecule has 256 valence electrons. The Balaban J connectivity index is 1.07. The Kier molecular flexibility index (Phi) is 6.27. The van der Waals surface area contributed by atoms with Crippen LogP contribution < -0.4 is 4.74 Å². The molecule has 12 rings (SSSR count). The Morgan fingerprint density at radius 1 is 0.370 bits per heavy atom. The fraction of sp³-hybridized carbons (Fsp3) is 0.132. The third kappa shape index (κ3) is 3.84. The van der Waals surface area contributed by atoms with E-state index in [2.05, 4.69) is 170 Å². The molecule has 54 heavy (non-hydrogen) atoms. The molecule has 1 nitrogen and oxygen atoms in total. The molecule has 2 spiro atoms. The highest BCUT2D eigenvalue weighted by Crippen LogP contribution is 2.64. The van der Waals surface area contributed by atoms with E-state index in [-0.39, 0.29) is 5.41 Å². The molecule has 0 amide bonds. The van der Waals surface area contributed by atoms with Crippen LogP contribution in [0.1, 0.15) is 65.5 Å². The monoisotopic (exact) mass is 690 g/mol. The smallest absolute Gasteiger partial charge is 0.140 e. The Morgan fingerprint density at radius 2 is 0.907 bits per heavy atom.